The Kier molecular flexibility index (Phi) is 7.18. The fourth-order valence-corrected chi connectivity index (χ4v) is 7.67. The maximum Gasteiger partial charge on any atom is 0.136 e. The first-order chi connectivity index (χ1) is 25.8. The van der Waals surface area contributed by atoms with Crippen molar-refractivity contribution in [2.24, 2.45) is 0 Å². The Balaban J connectivity index is 1.12. The van der Waals surface area contributed by atoms with Crippen LogP contribution in [0.25, 0.3) is 76.9 Å². The van der Waals surface area contributed by atoms with Gasteiger partial charge in [0.15, 0.2) is 0 Å². The lowest BCUT2D eigenvalue weighted by atomic mass is 9.94. The lowest BCUT2D eigenvalue weighted by Crippen LogP contribution is -2.10. The molecule has 1 heterocycles. The highest BCUT2D eigenvalue weighted by Gasteiger charge is 2.17. The molecule has 0 aliphatic heterocycles. The summed E-state index contributed by atoms with van der Waals surface area (Å²) in [5.41, 5.74) is 12.4. The molecule has 0 bridgehead atoms. The van der Waals surface area contributed by atoms with Crippen molar-refractivity contribution in [1.82, 2.24) is 0 Å². The Hall–Kier alpha value is -6.90. The predicted octanol–water partition coefficient (Wildman–Crippen LogP) is 14.4. The summed E-state index contributed by atoms with van der Waals surface area (Å²) in [5.74, 6) is 0. The van der Waals surface area contributed by atoms with E-state index in [1.165, 1.54) is 49.5 Å². The summed E-state index contributed by atoms with van der Waals surface area (Å²) in [6.45, 7) is 0. The summed E-state index contributed by atoms with van der Waals surface area (Å²) in [7, 11) is 0. The van der Waals surface area contributed by atoms with Gasteiger partial charge < -0.3 is 9.32 Å². The molecule has 0 spiro atoms. The van der Waals surface area contributed by atoms with E-state index in [-0.39, 0.29) is 0 Å². The molecule has 0 radical (unpaired) electrons. The van der Waals surface area contributed by atoms with Gasteiger partial charge >= 0.3 is 0 Å². The van der Waals surface area contributed by atoms with Gasteiger partial charge in [-0.2, -0.15) is 0 Å². The van der Waals surface area contributed by atoms with E-state index >= 15 is 0 Å². The van der Waals surface area contributed by atoms with Crippen LogP contribution in [0.3, 0.4) is 0 Å². The molecular formula is C50H33NO. The van der Waals surface area contributed by atoms with E-state index in [1.54, 1.807) is 0 Å². The molecule has 9 aromatic carbocycles. The zero-order chi connectivity index (χ0) is 34.4. The van der Waals surface area contributed by atoms with Gasteiger partial charge in [0.25, 0.3) is 0 Å². The molecule has 10 rings (SSSR count). The number of hydrogen-bond acceptors (Lipinski definition) is 2. The summed E-state index contributed by atoms with van der Waals surface area (Å²) >= 11 is 0. The van der Waals surface area contributed by atoms with Gasteiger partial charge in [0.1, 0.15) is 11.2 Å². The fraction of sp³-hybridized carbons (Fsp3) is 0. The number of furan rings is 1. The van der Waals surface area contributed by atoms with E-state index in [2.05, 4.69) is 193 Å². The molecule has 0 aliphatic rings. The minimum atomic E-state index is 0.915. The third kappa shape index (κ3) is 5.21. The summed E-state index contributed by atoms with van der Waals surface area (Å²) in [5, 5.41) is 7.07. The first kappa shape index (κ1) is 30.0. The lowest BCUT2D eigenvalue weighted by molar-refractivity contribution is 0.669. The molecule has 0 saturated heterocycles. The minimum Gasteiger partial charge on any atom is -0.456 e. The van der Waals surface area contributed by atoms with Crippen LogP contribution in [0.2, 0.25) is 0 Å². The van der Waals surface area contributed by atoms with E-state index in [4.69, 9.17) is 4.42 Å². The van der Waals surface area contributed by atoms with E-state index in [9.17, 15) is 0 Å². The van der Waals surface area contributed by atoms with E-state index in [1.807, 2.05) is 12.1 Å². The van der Waals surface area contributed by atoms with Crippen LogP contribution in [0.15, 0.2) is 205 Å². The SMILES string of the molecule is c1ccc(-c2ccc(N(c3ccc(-c4ccccc4-c4ccccc4)cc3)c3ccc4ccc5cc6oc7ccccc7c6cc5c4c3)cc2)cc1. The molecule has 2 nitrogen and oxygen atoms in total. The number of anilines is 3. The highest BCUT2D eigenvalue weighted by atomic mass is 16.3. The average molecular weight is 664 g/mol. The predicted molar refractivity (Wildman–Crippen MR) is 220 cm³/mol. The first-order valence-electron chi connectivity index (χ1n) is 17.8. The van der Waals surface area contributed by atoms with Gasteiger partial charge in [-0.15, -0.1) is 0 Å². The minimum absolute atomic E-state index is 0.915. The first-order valence-corrected chi connectivity index (χ1v) is 17.8. The molecule has 1 aromatic heterocycles. The zero-order valence-electron chi connectivity index (χ0n) is 28.4. The Morgan fingerprint density at radius 2 is 0.788 bits per heavy atom. The van der Waals surface area contributed by atoms with Crippen molar-refractivity contribution in [3.05, 3.63) is 200 Å². The lowest BCUT2D eigenvalue weighted by Gasteiger charge is -2.26. The Labute approximate surface area is 302 Å². The number of rotatable bonds is 6. The van der Waals surface area contributed by atoms with Crippen LogP contribution >= 0.6 is 0 Å². The molecule has 52 heavy (non-hydrogen) atoms. The molecule has 0 N–H and O–H groups in total. The highest BCUT2D eigenvalue weighted by molar-refractivity contribution is 6.17. The Bertz CT molecular complexity index is 2870. The van der Waals surface area contributed by atoms with Crippen LogP contribution in [0.5, 0.6) is 0 Å². The van der Waals surface area contributed by atoms with Crippen LogP contribution in [-0.4, -0.2) is 0 Å². The van der Waals surface area contributed by atoms with Crippen molar-refractivity contribution >= 4 is 60.5 Å². The fourth-order valence-electron chi connectivity index (χ4n) is 7.67. The Morgan fingerprint density at radius 1 is 0.288 bits per heavy atom. The maximum absolute atomic E-state index is 6.26. The van der Waals surface area contributed by atoms with Gasteiger partial charge in [-0.25, -0.2) is 0 Å². The monoisotopic (exact) mass is 663 g/mol. The van der Waals surface area contributed by atoms with Crippen molar-refractivity contribution in [3.63, 3.8) is 0 Å². The summed E-state index contributed by atoms with van der Waals surface area (Å²) < 4.78 is 6.26. The number of para-hydroxylation sites is 1. The van der Waals surface area contributed by atoms with E-state index in [0.29, 0.717) is 0 Å². The summed E-state index contributed by atoms with van der Waals surface area (Å²) in [4.78, 5) is 2.37. The number of fused-ring (bicyclic) bond motifs is 6. The van der Waals surface area contributed by atoms with Gasteiger partial charge in [0, 0.05) is 27.8 Å². The molecule has 0 unspecified atom stereocenters. The summed E-state index contributed by atoms with van der Waals surface area (Å²) in [6.07, 6.45) is 0. The van der Waals surface area contributed by atoms with Gasteiger partial charge in [-0.05, 0) is 110 Å². The Morgan fingerprint density at radius 3 is 1.50 bits per heavy atom. The molecule has 0 fully saturated rings. The van der Waals surface area contributed by atoms with Crippen molar-refractivity contribution in [3.8, 4) is 33.4 Å². The quantitative estimate of drug-likeness (QED) is 0.165. The normalized spacial score (nSPS) is 11.5. The van der Waals surface area contributed by atoms with Crippen molar-refractivity contribution in [2.45, 2.75) is 0 Å². The average Bonchev–Trinajstić information content (AvgIpc) is 3.59. The third-order valence-corrected chi connectivity index (χ3v) is 10.3. The molecule has 0 saturated carbocycles. The third-order valence-electron chi connectivity index (χ3n) is 10.3. The van der Waals surface area contributed by atoms with Crippen LogP contribution in [0, 0.1) is 0 Å². The van der Waals surface area contributed by atoms with Gasteiger partial charge in [0.2, 0.25) is 0 Å². The number of benzene rings is 9. The number of nitrogens with zero attached hydrogens (tertiary/aromatic N) is 1. The molecule has 0 aliphatic carbocycles. The van der Waals surface area contributed by atoms with Gasteiger partial charge in [-0.1, -0.05) is 146 Å². The second-order valence-corrected chi connectivity index (χ2v) is 13.3. The van der Waals surface area contributed by atoms with Crippen LogP contribution in [-0.2, 0) is 0 Å². The molecular weight excluding hydrogens is 631 g/mol. The van der Waals surface area contributed by atoms with E-state index in [0.717, 1.165) is 44.4 Å². The van der Waals surface area contributed by atoms with Crippen molar-refractivity contribution in [1.29, 1.82) is 0 Å². The van der Waals surface area contributed by atoms with Gasteiger partial charge in [0.05, 0.1) is 0 Å². The molecule has 244 valence electrons. The molecule has 0 atom stereocenters. The molecule has 0 amide bonds. The van der Waals surface area contributed by atoms with Crippen molar-refractivity contribution in [2.75, 3.05) is 4.90 Å². The molecule has 10 aromatic rings. The smallest absolute Gasteiger partial charge is 0.136 e. The van der Waals surface area contributed by atoms with Gasteiger partial charge in [-0.3, -0.25) is 0 Å². The molecule has 2 heteroatoms. The van der Waals surface area contributed by atoms with Crippen LogP contribution in [0.1, 0.15) is 0 Å². The van der Waals surface area contributed by atoms with Crippen LogP contribution < -0.4 is 4.90 Å². The second-order valence-electron chi connectivity index (χ2n) is 13.3. The van der Waals surface area contributed by atoms with E-state index < -0.39 is 0 Å². The maximum atomic E-state index is 6.26. The largest absolute Gasteiger partial charge is 0.456 e. The highest BCUT2D eigenvalue weighted by Crippen LogP contribution is 2.41. The standard InChI is InChI=1S/C50H33NO/c1-3-11-34(12-4-1)35-21-26-40(27-22-35)51(41-28-23-37(24-29-41)44-16-8-7-15-43(44)36-13-5-2-6-14-36)42-30-25-38-19-20-39-31-50-48(33-47(39)46(38)32-42)45-17-9-10-18-49(45)52-50/h1-33H. The number of hydrogen-bond donors (Lipinski definition) is 0. The second kappa shape index (κ2) is 12.5. The zero-order valence-corrected chi connectivity index (χ0v) is 28.4. The summed E-state index contributed by atoms with van der Waals surface area (Å²) in [6, 6.07) is 71.8. The van der Waals surface area contributed by atoms with Crippen LogP contribution in [0.4, 0.5) is 17.1 Å². The topological polar surface area (TPSA) is 16.4 Å². The van der Waals surface area contributed by atoms with Crippen molar-refractivity contribution < 1.29 is 4.42 Å².